The first-order valence-corrected chi connectivity index (χ1v) is 4.25. The third-order valence-electron chi connectivity index (χ3n) is 1.95. The normalized spacial score (nSPS) is 14.1. The van der Waals surface area contributed by atoms with E-state index in [1.54, 1.807) is 19.9 Å². The average molecular weight is 203 g/mol. The van der Waals surface area contributed by atoms with Crippen molar-refractivity contribution in [1.82, 2.24) is 0 Å². The Balaban J connectivity index is 3.21. The predicted molar refractivity (Wildman–Crippen MR) is 48.8 cm³/mol. The van der Waals surface area contributed by atoms with Gasteiger partial charge in [-0.3, -0.25) is 0 Å². The molecule has 1 aromatic carbocycles. The summed E-state index contributed by atoms with van der Waals surface area (Å²) in [6.45, 7) is 3.29. The number of aryl methyl sites for hydroxylation is 1. The second-order valence-corrected chi connectivity index (χ2v) is 3.42. The molecule has 1 rings (SSSR count). The molecular weight excluding hydrogens is 191 g/mol. The second kappa shape index (κ2) is 3.61. The SMILES string of the molecule is Cc1cc([C@H](C)N)cc(C(F)(F)F)c1. The lowest BCUT2D eigenvalue weighted by atomic mass is 10.0. The Kier molecular flexibility index (Phi) is 2.85. The Bertz CT molecular complexity index is 329. The Labute approximate surface area is 80.7 Å². The van der Waals surface area contributed by atoms with Crippen molar-refractivity contribution in [3.8, 4) is 0 Å². The van der Waals surface area contributed by atoms with E-state index in [0.717, 1.165) is 12.1 Å². The van der Waals surface area contributed by atoms with Gasteiger partial charge in [-0.25, -0.2) is 0 Å². The molecule has 0 unspecified atom stereocenters. The Morgan fingerprint density at radius 2 is 1.79 bits per heavy atom. The van der Waals surface area contributed by atoms with Crippen molar-refractivity contribution in [2.45, 2.75) is 26.1 Å². The second-order valence-electron chi connectivity index (χ2n) is 3.42. The fraction of sp³-hybridized carbons (Fsp3) is 0.400. The van der Waals surface area contributed by atoms with Crippen LogP contribution in [0.3, 0.4) is 0 Å². The highest BCUT2D eigenvalue weighted by Gasteiger charge is 2.30. The number of nitrogens with two attached hydrogens (primary N) is 1. The maximum absolute atomic E-state index is 12.4. The summed E-state index contributed by atoms with van der Waals surface area (Å²) in [6.07, 6.45) is -4.30. The number of hydrogen-bond acceptors (Lipinski definition) is 1. The summed E-state index contributed by atoms with van der Waals surface area (Å²) in [7, 11) is 0. The van der Waals surface area contributed by atoms with Gasteiger partial charge in [0.15, 0.2) is 0 Å². The summed E-state index contributed by atoms with van der Waals surface area (Å²) in [6, 6.07) is 3.50. The topological polar surface area (TPSA) is 26.0 Å². The fourth-order valence-corrected chi connectivity index (χ4v) is 1.24. The highest BCUT2D eigenvalue weighted by Crippen LogP contribution is 2.31. The first-order valence-electron chi connectivity index (χ1n) is 4.25. The van der Waals surface area contributed by atoms with Gasteiger partial charge >= 0.3 is 6.18 Å². The quantitative estimate of drug-likeness (QED) is 0.745. The van der Waals surface area contributed by atoms with Crippen LogP contribution in [-0.4, -0.2) is 0 Å². The molecule has 0 saturated heterocycles. The fourth-order valence-electron chi connectivity index (χ4n) is 1.24. The summed E-state index contributed by atoms with van der Waals surface area (Å²) in [5.74, 6) is 0. The van der Waals surface area contributed by atoms with E-state index in [1.165, 1.54) is 0 Å². The van der Waals surface area contributed by atoms with Crippen molar-refractivity contribution in [3.63, 3.8) is 0 Å². The molecule has 1 atom stereocenters. The van der Waals surface area contributed by atoms with Gasteiger partial charge in [0.25, 0.3) is 0 Å². The van der Waals surface area contributed by atoms with E-state index in [2.05, 4.69) is 0 Å². The minimum absolute atomic E-state index is 0.379. The monoisotopic (exact) mass is 203 g/mol. The van der Waals surface area contributed by atoms with Gasteiger partial charge in [-0.2, -0.15) is 13.2 Å². The molecule has 0 bridgehead atoms. The molecule has 78 valence electrons. The number of hydrogen-bond donors (Lipinski definition) is 1. The van der Waals surface area contributed by atoms with Gasteiger partial charge in [-0.05, 0) is 31.5 Å². The number of rotatable bonds is 1. The Morgan fingerprint density at radius 1 is 1.21 bits per heavy atom. The van der Waals surface area contributed by atoms with Gasteiger partial charge < -0.3 is 5.73 Å². The van der Waals surface area contributed by atoms with E-state index in [-0.39, 0.29) is 6.04 Å². The molecule has 4 heteroatoms. The van der Waals surface area contributed by atoms with Gasteiger partial charge in [0.05, 0.1) is 5.56 Å². The van der Waals surface area contributed by atoms with Gasteiger partial charge in [0, 0.05) is 6.04 Å². The molecule has 14 heavy (non-hydrogen) atoms. The number of benzene rings is 1. The highest BCUT2D eigenvalue weighted by molar-refractivity contribution is 5.32. The van der Waals surface area contributed by atoms with Gasteiger partial charge in [0.2, 0.25) is 0 Å². The smallest absolute Gasteiger partial charge is 0.324 e. The van der Waals surface area contributed by atoms with Crippen LogP contribution in [0.15, 0.2) is 18.2 Å². The lowest BCUT2D eigenvalue weighted by Gasteiger charge is -2.12. The molecular formula is C10H12F3N. The molecule has 0 aliphatic heterocycles. The lowest BCUT2D eigenvalue weighted by molar-refractivity contribution is -0.137. The van der Waals surface area contributed by atoms with Crippen LogP contribution in [0.1, 0.15) is 29.7 Å². The molecule has 0 saturated carbocycles. The molecule has 0 radical (unpaired) electrons. The Morgan fingerprint density at radius 3 is 2.21 bits per heavy atom. The summed E-state index contributed by atoms with van der Waals surface area (Å²) < 4.78 is 37.1. The van der Waals surface area contributed by atoms with E-state index in [9.17, 15) is 13.2 Å². The molecule has 0 aliphatic carbocycles. The van der Waals surface area contributed by atoms with Crippen LogP contribution < -0.4 is 5.73 Å². The van der Waals surface area contributed by atoms with Crippen molar-refractivity contribution in [3.05, 3.63) is 34.9 Å². The maximum Gasteiger partial charge on any atom is 0.416 e. The van der Waals surface area contributed by atoms with Crippen molar-refractivity contribution >= 4 is 0 Å². The summed E-state index contributed by atoms with van der Waals surface area (Å²) >= 11 is 0. The van der Waals surface area contributed by atoms with E-state index in [1.807, 2.05) is 0 Å². The first kappa shape index (κ1) is 11.0. The largest absolute Gasteiger partial charge is 0.416 e. The third kappa shape index (κ3) is 2.48. The maximum atomic E-state index is 12.4. The zero-order valence-corrected chi connectivity index (χ0v) is 8.02. The standard InChI is InChI=1S/C10H12F3N/c1-6-3-8(7(2)14)5-9(4-6)10(11,12)13/h3-5,7H,14H2,1-2H3/t7-/m0/s1. The highest BCUT2D eigenvalue weighted by atomic mass is 19.4. The van der Waals surface area contributed by atoms with Crippen LogP contribution in [-0.2, 0) is 6.18 Å². The van der Waals surface area contributed by atoms with E-state index >= 15 is 0 Å². The molecule has 0 aromatic heterocycles. The van der Waals surface area contributed by atoms with Crippen LogP contribution in [0.4, 0.5) is 13.2 Å². The first-order chi connectivity index (χ1) is 6.30. The van der Waals surface area contributed by atoms with Crippen LogP contribution in [0.2, 0.25) is 0 Å². The van der Waals surface area contributed by atoms with Gasteiger partial charge in [-0.1, -0.05) is 11.6 Å². The van der Waals surface area contributed by atoms with E-state index < -0.39 is 11.7 Å². The summed E-state index contributed by atoms with van der Waals surface area (Å²) in [4.78, 5) is 0. The Hall–Kier alpha value is -1.03. The van der Waals surface area contributed by atoms with Crippen molar-refractivity contribution < 1.29 is 13.2 Å². The number of alkyl halides is 3. The molecule has 0 heterocycles. The molecule has 1 nitrogen and oxygen atoms in total. The van der Waals surface area contributed by atoms with E-state index in [0.29, 0.717) is 11.1 Å². The molecule has 0 fully saturated rings. The molecule has 0 spiro atoms. The zero-order valence-electron chi connectivity index (χ0n) is 8.02. The predicted octanol–water partition coefficient (Wildman–Crippen LogP) is 3.03. The minimum Gasteiger partial charge on any atom is -0.324 e. The van der Waals surface area contributed by atoms with Crippen molar-refractivity contribution in [1.29, 1.82) is 0 Å². The zero-order chi connectivity index (χ0) is 10.9. The number of halogens is 3. The van der Waals surface area contributed by atoms with Gasteiger partial charge in [0.1, 0.15) is 0 Å². The molecule has 1 aromatic rings. The lowest BCUT2D eigenvalue weighted by Crippen LogP contribution is -2.10. The molecule has 2 N–H and O–H groups in total. The minimum atomic E-state index is -4.30. The van der Waals surface area contributed by atoms with E-state index in [4.69, 9.17) is 5.73 Å². The summed E-state index contributed by atoms with van der Waals surface area (Å²) in [5, 5.41) is 0. The van der Waals surface area contributed by atoms with Crippen molar-refractivity contribution in [2.24, 2.45) is 5.73 Å². The van der Waals surface area contributed by atoms with Crippen LogP contribution >= 0.6 is 0 Å². The average Bonchev–Trinajstić information content (AvgIpc) is 2.01. The van der Waals surface area contributed by atoms with Crippen LogP contribution in [0.5, 0.6) is 0 Å². The molecule has 0 amide bonds. The van der Waals surface area contributed by atoms with Crippen LogP contribution in [0, 0.1) is 6.92 Å². The third-order valence-corrected chi connectivity index (χ3v) is 1.95. The van der Waals surface area contributed by atoms with Crippen molar-refractivity contribution in [2.75, 3.05) is 0 Å². The van der Waals surface area contributed by atoms with Gasteiger partial charge in [-0.15, -0.1) is 0 Å². The molecule has 0 aliphatic rings. The summed E-state index contributed by atoms with van der Waals surface area (Å²) in [5.41, 5.74) is 5.98. The van der Waals surface area contributed by atoms with Crippen LogP contribution in [0.25, 0.3) is 0 Å².